The van der Waals surface area contributed by atoms with Gasteiger partial charge in [0.2, 0.25) is 12.2 Å². The number of nitrogens with zero attached hydrogens (tertiary/aromatic N) is 1. The molecule has 3 heterocycles. The molecule has 214 valence electrons. The number of furan rings is 1. The smallest absolute Gasteiger partial charge is 0.286 e. The average Bonchev–Trinajstić information content (AvgIpc) is 3.56. The molecular weight excluding hydrogens is 504 g/mol. The Hall–Kier alpha value is -2.92. The SMILES string of the molecule is CCOC1OC(C(=O)NCCCN2CCCC2=O)=CC(c2coc3ccccc23)C1CCOCCOCCO. The van der Waals surface area contributed by atoms with Crippen LogP contribution in [0.4, 0.5) is 0 Å². The van der Waals surface area contributed by atoms with E-state index in [0.717, 1.165) is 29.5 Å². The molecule has 2 amide bonds. The fraction of sp³-hybridized carbons (Fsp3) is 0.586. The van der Waals surface area contributed by atoms with E-state index in [1.165, 1.54) is 0 Å². The van der Waals surface area contributed by atoms with E-state index in [1.54, 1.807) is 6.26 Å². The molecule has 0 radical (unpaired) electrons. The van der Waals surface area contributed by atoms with Crippen molar-refractivity contribution in [3.63, 3.8) is 0 Å². The summed E-state index contributed by atoms with van der Waals surface area (Å²) in [6, 6.07) is 7.83. The molecule has 10 heteroatoms. The van der Waals surface area contributed by atoms with Crippen LogP contribution in [0.2, 0.25) is 0 Å². The maximum Gasteiger partial charge on any atom is 0.286 e. The van der Waals surface area contributed by atoms with Gasteiger partial charge in [-0.1, -0.05) is 18.2 Å². The molecule has 3 atom stereocenters. The number of likely N-dealkylation sites (tertiary alicyclic amines) is 1. The zero-order chi connectivity index (χ0) is 27.5. The van der Waals surface area contributed by atoms with E-state index in [4.69, 9.17) is 28.5 Å². The number of rotatable bonds is 16. The molecule has 39 heavy (non-hydrogen) atoms. The molecule has 1 saturated heterocycles. The van der Waals surface area contributed by atoms with Gasteiger partial charge in [0.25, 0.3) is 5.91 Å². The van der Waals surface area contributed by atoms with Gasteiger partial charge >= 0.3 is 0 Å². The first-order valence-corrected chi connectivity index (χ1v) is 13.9. The third-order valence-corrected chi connectivity index (χ3v) is 7.07. The molecule has 0 aliphatic carbocycles. The van der Waals surface area contributed by atoms with E-state index in [0.29, 0.717) is 58.8 Å². The Morgan fingerprint density at radius 2 is 2.00 bits per heavy atom. The van der Waals surface area contributed by atoms with Crippen LogP contribution in [0.1, 0.15) is 44.1 Å². The van der Waals surface area contributed by atoms with Crippen LogP contribution in [0.5, 0.6) is 0 Å². The van der Waals surface area contributed by atoms with Gasteiger partial charge in [0.1, 0.15) is 5.58 Å². The fourth-order valence-electron chi connectivity index (χ4n) is 5.16. The highest BCUT2D eigenvalue weighted by Crippen LogP contribution is 2.41. The minimum atomic E-state index is -0.643. The number of aliphatic hydroxyl groups is 1. The molecular formula is C29H40N2O8. The number of benzene rings is 1. The zero-order valence-electron chi connectivity index (χ0n) is 22.6. The average molecular weight is 545 g/mol. The Balaban J connectivity index is 1.46. The van der Waals surface area contributed by atoms with Crippen molar-refractivity contribution in [2.45, 2.75) is 44.8 Å². The molecule has 2 N–H and O–H groups in total. The van der Waals surface area contributed by atoms with Gasteiger partial charge in [-0.3, -0.25) is 9.59 Å². The maximum absolute atomic E-state index is 13.2. The van der Waals surface area contributed by atoms with Crippen molar-refractivity contribution in [1.82, 2.24) is 10.2 Å². The number of hydrogen-bond acceptors (Lipinski definition) is 8. The van der Waals surface area contributed by atoms with Crippen LogP contribution in [0.3, 0.4) is 0 Å². The first kappa shape index (κ1) is 29.1. The summed E-state index contributed by atoms with van der Waals surface area (Å²) in [6.07, 6.45) is 5.79. The monoisotopic (exact) mass is 544 g/mol. The normalized spacial score (nSPS) is 21.3. The predicted octanol–water partition coefficient (Wildman–Crippen LogP) is 2.95. The third kappa shape index (κ3) is 7.82. The van der Waals surface area contributed by atoms with Crippen molar-refractivity contribution in [3.05, 3.63) is 47.9 Å². The molecule has 10 nitrogen and oxygen atoms in total. The summed E-state index contributed by atoms with van der Waals surface area (Å²) in [7, 11) is 0. The van der Waals surface area contributed by atoms with Crippen molar-refractivity contribution in [3.8, 4) is 0 Å². The van der Waals surface area contributed by atoms with Crippen LogP contribution >= 0.6 is 0 Å². The number of carbonyl (C=O) groups is 2. The lowest BCUT2D eigenvalue weighted by Gasteiger charge is -2.36. The van der Waals surface area contributed by atoms with Gasteiger partial charge in [0.05, 0.1) is 32.7 Å². The van der Waals surface area contributed by atoms with Gasteiger partial charge in [-0.05, 0) is 38.3 Å². The Bertz CT molecular complexity index is 1100. The summed E-state index contributed by atoms with van der Waals surface area (Å²) in [5.74, 6) is -0.225. The van der Waals surface area contributed by atoms with Crippen LogP contribution in [0, 0.1) is 5.92 Å². The van der Waals surface area contributed by atoms with Crippen molar-refractivity contribution in [2.75, 3.05) is 59.3 Å². The van der Waals surface area contributed by atoms with Crippen LogP contribution in [0.15, 0.2) is 46.8 Å². The highest BCUT2D eigenvalue weighted by Gasteiger charge is 2.39. The van der Waals surface area contributed by atoms with E-state index in [-0.39, 0.29) is 42.6 Å². The number of amides is 2. The second-order valence-electron chi connectivity index (χ2n) is 9.68. The molecule has 1 fully saturated rings. The first-order valence-electron chi connectivity index (χ1n) is 13.9. The number of carbonyl (C=O) groups excluding carboxylic acids is 2. The van der Waals surface area contributed by atoms with Crippen LogP contribution in [0.25, 0.3) is 11.0 Å². The second kappa shape index (κ2) is 15.0. The molecule has 1 aromatic heterocycles. The molecule has 2 aliphatic heterocycles. The first-order chi connectivity index (χ1) is 19.1. The number of fused-ring (bicyclic) bond motifs is 1. The Labute approximate surface area is 229 Å². The molecule has 3 unspecified atom stereocenters. The minimum Gasteiger partial charge on any atom is -0.464 e. The number of allylic oxidation sites excluding steroid dienone is 1. The molecule has 0 spiro atoms. The molecule has 4 rings (SSSR count). The minimum absolute atomic E-state index is 0.0177. The lowest BCUT2D eigenvalue weighted by molar-refractivity contribution is -0.168. The van der Waals surface area contributed by atoms with E-state index < -0.39 is 6.29 Å². The van der Waals surface area contributed by atoms with E-state index in [1.807, 2.05) is 42.2 Å². The maximum atomic E-state index is 13.2. The summed E-state index contributed by atoms with van der Waals surface area (Å²) in [6.45, 7) is 5.74. The number of nitrogens with one attached hydrogen (secondary N) is 1. The third-order valence-electron chi connectivity index (χ3n) is 7.07. The standard InChI is InChI=1S/C29H40N2O8/c1-2-37-29-22(10-15-35-17-18-36-16-14-32)23(24-20-38-25-8-4-3-7-21(24)25)19-26(39-29)28(34)30-11-6-13-31-12-5-9-27(31)33/h3-4,7-8,19-20,22-23,29,32H,2,5-6,9-18H2,1H3,(H,30,34). The number of ether oxygens (including phenoxy) is 4. The molecule has 2 aromatic rings. The van der Waals surface area contributed by atoms with E-state index >= 15 is 0 Å². The lowest BCUT2D eigenvalue weighted by Crippen LogP contribution is -2.40. The van der Waals surface area contributed by atoms with E-state index in [2.05, 4.69) is 5.32 Å². The van der Waals surface area contributed by atoms with Crippen LogP contribution < -0.4 is 5.32 Å². The predicted molar refractivity (Wildman–Crippen MR) is 144 cm³/mol. The quantitative estimate of drug-likeness (QED) is 0.310. The Morgan fingerprint density at radius 3 is 2.77 bits per heavy atom. The van der Waals surface area contributed by atoms with Crippen molar-refractivity contribution < 1.29 is 38.1 Å². The number of para-hydroxylation sites is 1. The van der Waals surface area contributed by atoms with E-state index in [9.17, 15) is 9.59 Å². The topological polar surface area (TPSA) is 120 Å². The highest BCUT2D eigenvalue weighted by molar-refractivity contribution is 5.92. The van der Waals surface area contributed by atoms with Crippen molar-refractivity contribution >= 4 is 22.8 Å². The summed E-state index contributed by atoms with van der Waals surface area (Å²) < 4.78 is 29.0. The van der Waals surface area contributed by atoms with Crippen molar-refractivity contribution in [1.29, 1.82) is 0 Å². The van der Waals surface area contributed by atoms with Crippen molar-refractivity contribution in [2.24, 2.45) is 5.92 Å². The fourth-order valence-corrected chi connectivity index (χ4v) is 5.16. The van der Waals surface area contributed by atoms with Gasteiger partial charge in [0.15, 0.2) is 5.76 Å². The summed E-state index contributed by atoms with van der Waals surface area (Å²) in [4.78, 5) is 26.8. The van der Waals surface area contributed by atoms with Gasteiger partial charge in [0, 0.05) is 62.1 Å². The summed E-state index contributed by atoms with van der Waals surface area (Å²) in [5.41, 5.74) is 1.74. The largest absolute Gasteiger partial charge is 0.464 e. The second-order valence-corrected chi connectivity index (χ2v) is 9.68. The van der Waals surface area contributed by atoms with Crippen LogP contribution in [-0.4, -0.2) is 87.4 Å². The van der Waals surface area contributed by atoms with Gasteiger partial charge in [-0.15, -0.1) is 0 Å². The summed E-state index contributed by atoms with van der Waals surface area (Å²) >= 11 is 0. The number of hydrogen-bond donors (Lipinski definition) is 2. The zero-order valence-corrected chi connectivity index (χ0v) is 22.6. The lowest BCUT2D eigenvalue weighted by atomic mass is 9.81. The number of aliphatic hydroxyl groups excluding tert-OH is 1. The van der Waals surface area contributed by atoms with Gasteiger partial charge in [-0.2, -0.15) is 0 Å². The highest BCUT2D eigenvalue weighted by atomic mass is 16.7. The molecule has 0 bridgehead atoms. The molecule has 2 aliphatic rings. The van der Waals surface area contributed by atoms with Crippen LogP contribution in [-0.2, 0) is 28.5 Å². The van der Waals surface area contributed by atoms with Gasteiger partial charge in [-0.25, -0.2) is 0 Å². The summed E-state index contributed by atoms with van der Waals surface area (Å²) in [5, 5.41) is 12.8. The molecule has 1 aromatic carbocycles. The molecule has 0 saturated carbocycles. The Kier molecular flexibility index (Phi) is 11.2. The Morgan fingerprint density at radius 1 is 1.18 bits per heavy atom. The van der Waals surface area contributed by atoms with Gasteiger partial charge < -0.3 is 38.7 Å².